The lowest BCUT2D eigenvalue weighted by Gasteiger charge is -2.40. The second kappa shape index (κ2) is 49.3. The Balaban J connectivity index is 2.68. The highest BCUT2D eigenvalue weighted by Crippen LogP contribution is 2.26. The molecule has 1 aliphatic heterocycles. The normalized spacial score (nSPS) is 18.7. The number of carbonyl (C=O) groups excluding carboxylic acids is 3. The minimum Gasteiger partial charge on any atom is -0.479 e. The summed E-state index contributed by atoms with van der Waals surface area (Å²) >= 11 is 0. The molecule has 0 bridgehead atoms. The molecule has 73 heavy (non-hydrogen) atoms. The third-order valence-electron chi connectivity index (χ3n) is 13.0. The van der Waals surface area contributed by atoms with Gasteiger partial charge in [0.05, 0.1) is 6.61 Å². The van der Waals surface area contributed by atoms with Crippen LogP contribution in [0.1, 0.15) is 252 Å². The van der Waals surface area contributed by atoms with E-state index in [1.807, 2.05) is 0 Å². The Labute approximate surface area is 443 Å². The van der Waals surface area contributed by atoms with Gasteiger partial charge >= 0.3 is 23.9 Å². The molecule has 6 unspecified atom stereocenters. The van der Waals surface area contributed by atoms with Crippen LogP contribution in [0.2, 0.25) is 0 Å². The van der Waals surface area contributed by atoms with E-state index in [0.29, 0.717) is 19.3 Å². The summed E-state index contributed by atoms with van der Waals surface area (Å²) in [7, 11) is 0. The van der Waals surface area contributed by atoms with Crippen molar-refractivity contribution in [2.75, 3.05) is 13.2 Å². The maximum atomic E-state index is 13.1. The van der Waals surface area contributed by atoms with Crippen LogP contribution in [-0.2, 0) is 42.9 Å². The fourth-order valence-corrected chi connectivity index (χ4v) is 8.53. The Morgan fingerprint density at radius 2 is 0.877 bits per heavy atom. The summed E-state index contributed by atoms with van der Waals surface area (Å²) in [5.41, 5.74) is 0. The van der Waals surface area contributed by atoms with Gasteiger partial charge in [0.2, 0.25) is 0 Å². The van der Waals surface area contributed by atoms with Crippen molar-refractivity contribution in [2.24, 2.45) is 0 Å². The van der Waals surface area contributed by atoms with E-state index >= 15 is 0 Å². The van der Waals surface area contributed by atoms with E-state index < -0.39 is 67.3 Å². The number of allylic oxidation sites excluding steroid dienone is 10. The molecule has 0 aromatic carbocycles. The van der Waals surface area contributed by atoms with Crippen molar-refractivity contribution in [3.63, 3.8) is 0 Å². The fourth-order valence-electron chi connectivity index (χ4n) is 8.53. The Morgan fingerprint density at radius 1 is 0.466 bits per heavy atom. The number of esters is 3. The first-order valence-electron chi connectivity index (χ1n) is 29.3. The first kappa shape index (κ1) is 67.4. The zero-order valence-electron chi connectivity index (χ0n) is 46.1. The molecule has 420 valence electrons. The minimum absolute atomic E-state index is 0.0528. The van der Waals surface area contributed by atoms with Crippen LogP contribution in [0.25, 0.3) is 0 Å². The molecular weight excluding hydrogens is 925 g/mol. The van der Waals surface area contributed by atoms with Crippen molar-refractivity contribution in [3.8, 4) is 0 Å². The van der Waals surface area contributed by atoms with E-state index in [9.17, 15) is 34.5 Å². The monoisotopic (exact) mass is 1030 g/mol. The first-order valence-corrected chi connectivity index (χ1v) is 29.3. The van der Waals surface area contributed by atoms with Gasteiger partial charge in [-0.15, -0.1) is 0 Å². The summed E-state index contributed by atoms with van der Waals surface area (Å²) in [6.07, 6.45) is 47.7. The number of unbranched alkanes of at least 4 members (excludes halogenated alkanes) is 25. The highest BCUT2D eigenvalue weighted by molar-refractivity contribution is 5.74. The molecule has 12 nitrogen and oxygen atoms in total. The summed E-state index contributed by atoms with van der Waals surface area (Å²) < 4.78 is 28.4. The van der Waals surface area contributed by atoms with Gasteiger partial charge in [0, 0.05) is 19.3 Å². The van der Waals surface area contributed by atoms with E-state index in [0.717, 1.165) is 122 Å². The molecule has 0 amide bonds. The standard InChI is InChI=1S/C61H104O12/c1-4-7-10-13-16-19-22-24-26-27-29-31-34-37-40-43-46-49-55(64)72-59-57(66)56(65)58(60(67)68)73-61(59)70-51-52(71-54(63)48-45-42-39-36-32-21-18-15-12-9-6-3)50-69-53(62)47-44-41-38-35-33-30-28-25-23-20-17-14-11-8-5-2/h8,11,15,17-18,20,24-26,28,52,56-59,61,65-66H,4-7,9-10,12-14,16,19,21-23,27,29-51H2,1-3H3,(H,67,68)/b11-8-,18-15-,20-17-,26-24-,28-25-. The van der Waals surface area contributed by atoms with Crippen LogP contribution < -0.4 is 0 Å². The zero-order valence-corrected chi connectivity index (χ0v) is 46.1. The van der Waals surface area contributed by atoms with Gasteiger partial charge in [0.25, 0.3) is 0 Å². The molecule has 6 atom stereocenters. The predicted molar refractivity (Wildman–Crippen MR) is 294 cm³/mol. The van der Waals surface area contributed by atoms with Gasteiger partial charge in [-0.25, -0.2) is 4.79 Å². The number of ether oxygens (including phenoxy) is 5. The molecule has 12 heteroatoms. The number of carbonyl (C=O) groups is 4. The highest BCUT2D eigenvalue weighted by Gasteiger charge is 2.50. The Kier molecular flexibility index (Phi) is 45.5. The van der Waals surface area contributed by atoms with E-state index in [1.54, 1.807) is 0 Å². The number of aliphatic hydroxyl groups excluding tert-OH is 2. The van der Waals surface area contributed by atoms with Gasteiger partial charge in [-0.2, -0.15) is 0 Å². The van der Waals surface area contributed by atoms with E-state index in [2.05, 4.69) is 81.5 Å². The number of carboxylic acids is 1. The lowest BCUT2D eigenvalue weighted by atomic mass is 9.98. The second-order valence-electron chi connectivity index (χ2n) is 19.9. The molecular formula is C61H104O12. The first-order chi connectivity index (χ1) is 35.6. The van der Waals surface area contributed by atoms with Gasteiger partial charge in [-0.05, 0) is 96.3 Å². The molecule has 0 spiro atoms. The molecule has 0 radical (unpaired) electrons. The molecule has 0 saturated carbocycles. The van der Waals surface area contributed by atoms with Crippen LogP contribution in [0.5, 0.6) is 0 Å². The van der Waals surface area contributed by atoms with Gasteiger partial charge in [-0.1, -0.05) is 197 Å². The van der Waals surface area contributed by atoms with E-state index in [-0.39, 0.29) is 25.9 Å². The van der Waals surface area contributed by atoms with Gasteiger partial charge in [0.1, 0.15) is 18.8 Å². The Hall–Kier alpha value is -3.58. The van der Waals surface area contributed by atoms with Gasteiger partial charge in [0.15, 0.2) is 24.6 Å². The molecule has 3 N–H and O–H groups in total. The van der Waals surface area contributed by atoms with Crippen molar-refractivity contribution < 1.29 is 58.2 Å². The fraction of sp³-hybridized carbons (Fsp3) is 0.770. The maximum Gasteiger partial charge on any atom is 0.335 e. The average Bonchev–Trinajstić information content (AvgIpc) is 3.37. The summed E-state index contributed by atoms with van der Waals surface area (Å²) in [6.45, 7) is 5.81. The number of hydrogen-bond donors (Lipinski definition) is 3. The number of carboxylic acid groups (broad SMARTS) is 1. The van der Waals surface area contributed by atoms with Crippen molar-refractivity contribution in [1.82, 2.24) is 0 Å². The molecule has 1 rings (SSSR count). The predicted octanol–water partition coefficient (Wildman–Crippen LogP) is 14.8. The van der Waals surface area contributed by atoms with Crippen LogP contribution in [0.15, 0.2) is 60.8 Å². The van der Waals surface area contributed by atoms with Crippen molar-refractivity contribution in [2.45, 2.75) is 289 Å². The molecule has 1 fully saturated rings. The van der Waals surface area contributed by atoms with Gasteiger partial charge in [-0.3, -0.25) is 14.4 Å². The lowest BCUT2D eigenvalue weighted by molar-refractivity contribution is -0.301. The summed E-state index contributed by atoms with van der Waals surface area (Å²) in [6, 6.07) is 0. The molecule has 1 aliphatic rings. The third kappa shape index (κ3) is 39.5. The molecule has 0 aromatic heterocycles. The molecule has 1 saturated heterocycles. The number of aliphatic hydroxyl groups is 2. The highest BCUT2D eigenvalue weighted by atomic mass is 16.7. The SMILES string of the molecule is CC/C=C\C/C=C\C/C=C\CCCCCCCC(=O)OCC(COC1OC(C(=O)O)C(O)C(O)C1OC(=O)CCCCCCCCC/C=C\CCCCCCCC)OC(=O)CCCCCCC/C=C\CCCC. The minimum atomic E-state index is -1.91. The van der Waals surface area contributed by atoms with Crippen LogP contribution in [0.4, 0.5) is 0 Å². The van der Waals surface area contributed by atoms with Gasteiger partial charge < -0.3 is 39.0 Å². The van der Waals surface area contributed by atoms with E-state index in [4.69, 9.17) is 23.7 Å². The number of rotatable bonds is 49. The third-order valence-corrected chi connectivity index (χ3v) is 13.0. The molecule has 0 aromatic rings. The maximum absolute atomic E-state index is 13.1. The lowest BCUT2D eigenvalue weighted by Crippen LogP contribution is -2.61. The number of aliphatic carboxylic acids is 1. The Bertz CT molecular complexity index is 1500. The summed E-state index contributed by atoms with van der Waals surface area (Å²) in [4.78, 5) is 51.0. The molecule has 0 aliphatic carbocycles. The smallest absolute Gasteiger partial charge is 0.335 e. The van der Waals surface area contributed by atoms with Crippen LogP contribution in [-0.4, -0.2) is 89.2 Å². The summed E-state index contributed by atoms with van der Waals surface area (Å²) in [5.74, 6) is -3.15. The largest absolute Gasteiger partial charge is 0.479 e. The van der Waals surface area contributed by atoms with Crippen molar-refractivity contribution >= 4 is 23.9 Å². The zero-order chi connectivity index (χ0) is 53.3. The van der Waals surface area contributed by atoms with E-state index in [1.165, 1.54) is 70.6 Å². The Morgan fingerprint density at radius 3 is 1.37 bits per heavy atom. The average molecular weight is 1030 g/mol. The quantitative estimate of drug-likeness (QED) is 0.0228. The van der Waals surface area contributed by atoms with Crippen molar-refractivity contribution in [3.05, 3.63) is 60.8 Å². The van der Waals surface area contributed by atoms with Crippen LogP contribution >= 0.6 is 0 Å². The van der Waals surface area contributed by atoms with Crippen LogP contribution in [0.3, 0.4) is 0 Å². The summed E-state index contributed by atoms with van der Waals surface area (Å²) in [5, 5.41) is 31.5. The number of hydrogen-bond acceptors (Lipinski definition) is 11. The van der Waals surface area contributed by atoms with Crippen molar-refractivity contribution in [1.29, 1.82) is 0 Å². The van der Waals surface area contributed by atoms with Crippen LogP contribution in [0, 0.1) is 0 Å². The molecule has 1 heterocycles. The topological polar surface area (TPSA) is 175 Å². The second-order valence-corrected chi connectivity index (χ2v) is 19.9.